The summed E-state index contributed by atoms with van der Waals surface area (Å²) in [7, 11) is 0. The van der Waals surface area contributed by atoms with Crippen LogP contribution in [0.25, 0.3) is 0 Å². The molecular weight excluding hydrogens is 319 g/mol. The lowest BCUT2D eigenvalue weighted by Crippen LogP contribution is -2.24. The Hall–Kier alpha value is -1.04. The van der Waals surface area contributed by atoms with Crippen molar-refractivity contribution in [3.63, 3.8) is 0 Å². The SMILES string of the molecule is CCCNC(c1ccc(F)c(F)c1F)c1scc(C)c1Cl. The first-order valence-electron chi connectivity index (χ1n) is 6.57. The Morgan fingerprint density at radius 1 is 1.24 bits per heavy atom. The molecule has 1 heterocycles. The number of hydrogen-bond acceptors (Lipinski definition) is 2. The third kappa shape index (κ3) is 3.25. The van der Waals surface area contributed by atoms with Gasteiger partial charge in [0.25, 0.3) is 0 Å². The first kappa shape index (κ1) is 16.3. The summed E-state index contributed by atoms with van der Waals surface area (Å²) >= 11 is 7.61. The Bertz CT molecular complexity index is 642. The molecule has 114 valence electrons. The third-order valence-corrected chi connectivity index (χ3v) is 4.94. The molecule has 0 aliphatic heterocycles. The van der Waals surface area contributed by atoms with Crippen molar-refractivity contribution in [2.45, 2.75) is 26.3 Å². The topological polar surface area (TPSA) is 12.0 Å². The van der Waals surface area contributed by atoms with Gasteiger partial charge in [0.15, 0.2) is 17.5 Å². The van der Waals surface area contributed by atoms with Crippen LogP contribution in [0.15, 0.2) is 17.5 Å². The van der Waals surface area contributed by atoms with Gasteiger partial charge in [0, 0.05) is 10.4 Å². The monoisotopic (exact) mass is 333 g/mol. The van der Waals surface area contributed by atoms with E-state index < -0.39 is 23.5 Å². The van der Waals surface area contributed by atoms with Gasteiger partial charge in [-0.25, -0.2) is 13.2 Å². The fourth-order valence-electron chi connectivity index (χ4n) is 2.04. The Morgan fingerprint density at radius 3 is 2.52 bits per heavy atom. The number of halogens is 4. The van der Waals surface area contributed by atoms with Gasteiger partial charge in [0.2, 0.25) is 0 Å². The molecule has 0 saturated heterocycles. The van der Waals surface area contributed by atoms with E-state index in [0.29, 0.717) is 16.4 Å². The van der Waals surface area contributed by atoms with Crippen LogP contribution in [0.3, 0.4) is 0 Å². The predicted molar refractivity (Wildman–Crippen MR) is 80.5 cm³/mol. The molecule has 0 radical (unpaired) electrons. The Labute approximate surface area is 130 Å². The van der Waals surface area contributed by atoms with Crippen molar-refractivity contribution in [1.29, 1.82) is 0 Å². The molecule has 1 aromatic heterocycles. The number of thiophene rings is 1. The molecule has 1 aromatic carbocycles. The van der Waals surface area contributed by atoms with Crippen LogP contribution < -0.4 is 5.32 Å². The summed E-state index contributed by atoms with van der Waals surface area (Å²) in [6, 6.07) is 1.60. The van der Waals surface area contributed by atoms with Gasteiger partial charge in [0.05, 0.1) is 11.1 Å². The van der Waals surface area contributed by atoms with Crippen molar-refractivity contribution in [1.82, 2.24) is 5.32 Å². The first-order chi connectivity index (χ1) is 9.97. The van der Waals surface area contributed by atoms with Crippen LogP contribution in [-0.4, -0.2) is 6.54 Å². The van der Waals surface area contributed by atoms with Crippen molar-refractivity contribution in [2.24, 2.45) is 0 Å². The van der Waals surface area contributed by atoms with E-state index in [1.54, 1.807) is 0 Å². The molecular formula is C15H15ClF3NS. The fraction of sp³-hybridized carbons (Fsp3) is 0.333. The van der Waals surface area contributed by atoms with Crippen molar-refractivity contribution in [2.75, 3.05) is 6.54 Å². The summed E-state index contributed by atoms with van der Waals surface area (Å²) in [5.74, 6) is -3.83. The molecule has 21 heavy (non-hydrogen) atoms. The maximum Gasteiger partial charge on any atom is 0.194 e. The maximum absolute atomic E-state index is 14.1. The molecule has 2 rings (SSSR count). The lowest BCUT2D eigenvalue weighted by molar-refractivity contribution is 0.433. The summed E-state index contributed by atoms with van der Waals surface area (Å²) in [4.78, 5) is 0.701. The fourth-order valence-corrected chi connectivity index (χ4v) is 3.44. The van der Waals surface area contributed by atoms with E-state index in [9.17, 15) is 13.2 Å². The van der Waals surface area contributed by atoms with E-state index in [1.165, 1.54) is 17.4 Å². The minimum absolute atomic E-state index is 0.0612. The van der Waals surface area contributed by atoms with Crippen molar-refractivity contribution < 1.29 is 13.2 Å². The molecule has 0 fully saturated rings. The average molecular weight is 334 g/mol. The molecule has 6 heteroatoms. The van der Waals surface area contributed by atoms with E-state index in [4.69, 9.17) is 11.6 Å². The van der Waals surface area contributed by atoms with Gasteiger partial charge in [-0.3, -0.25) is 0 Å². The molecule has 0 aliphatic rings. The van der Waals surface area contributed by atoms with Crippen LogP contribution in [0.1, 0.15) is 35.4 Å². The number of rotatable bonds is 5. The highest BCUT2D eigenvalue weighted by atomic mass is 35.5. The highest BCUT2D eigenvalue weighted by Crippen LogP contribution is 2.37. The van der Waals surface area contributed by atoms with Gasteiger partial charge in [-0.05, 0) is 36.9 Å². The molecule has 0 spiro atoms. The van der Waals surface area contributed by atoms with Crippen LogP contribution >= 0.6 is 22.9 Å². The smallest absolute Gasteiger partial charge is 0.194 e. The van der Waals surface area contributed by atoms with Crippen molar-refractivity contribution in [3.8, 4) is 0 Å². The lowest BCUT2D eigenvalue weighted by atomic mass is 10.0. The molecule has 1 N–H and O–H groups in total. The minimum atomic E-state index is -1.46. The van der Waals surface area contributed by atoms with Crippen LogP contribution in [0.5, 0.6) is 0 Å². The molecule has 1 atom stereocenters. The van der Waals surface area contributed by atoms with Crippen molar-refractivity contribution >= 4 is 22.9 Å². The highest BCUT2D eigenvalue weighted by molar-refractivity contribution is 7.10. The lowest BCUT2D eigenvalue weighted by Gasteiger charge is -2.19. The molecule has 1 nitrogen and oxygen atoms in total. The van der Waals surface area contributed by atoms with Crippen LogP contribution in [0, 0.1) is 24.4 Å². The average Bonchev–Trinajstić information content (AvgIpc) is 2.79. The van der Waals surface area contributed by atoms with Gasteiger partial charge in [0.1, 0.15) is 0 Å². The zero-order valence-electron chi connectivity index (χ0n) is 11.6. The zero-order chi connectivity index (χ0) is 15.6. The van der Waals surface area contributed by atoms with Crippen LogP contribution in [0.2, 0.25) is 5.02 Å². The Morgan fingerprint density at radius 2 is 1.95 bits per heavy atom. The maximum atomic E-state index is 14.1. The summed E-state index contributed by atoms with van der Waals surface area (Å²) < 4.78 is 40.7. The summed E-state index contributed by atoms with van der Waals surface area (Å²) in [5, 5.41) is 5.52. The normalized spacial score (nSPS) is 12.7. The molecule has 1 unspecified atom stereocenters. The van der Waals surface area contributed by atoms with E-state index in [-0.39, 0.29) is 5.56 Å². The van der Waals surface area contributed by atoms with E-state index in [1.807, 2.05) is 19.2 Å². The minimum Gasteiger partial charge on any atom is -0.305 e. The second-order valence-corrected chi connectivity index (χ2v) is 6.04. The molecule has 0 amide bonds. The second-order valence-electron chi connectivity index (χ2n) is 4.75. The molecule has 0 saturated carbocycles. The number of nitrogens with one attached hydrogen (secondary N) is 1. The number of aryl methyl sites for hydroxylation is 1. The zero-order valence-corrected chi connectivity index (χ0v) is 13.2. The Kier molecular flexibility index (Phi) is 5.30. The van der Waals surface area contributed by atoms with Crippen LogP contribution in [0.4, 0.5) is 13.2 Å². The standard InChI is InChI=1S/C15H15ClF3NS/c1-3-6-20-14(15-11(16)8(2)7-21-15)9-4-5-10(17)13(19)12(9)18/h4-5,7,14,20H,3,6H2,1-2H3. The van der Waals surface area contributed by atoms with E-state index >= 15 is 0 Å². The Balaban J connectivity index is 2.51. The number of benzene rings is 1. The van der Waals surface area contributed by atoms with Gasteiger partial charge < -0.3 is 5.32 Å². The molecule has 2 aromatic rings. The van der Waals surface area contributed by atoms with E-state index in [0.717, 1.165) is 18.1 Å². The first-order valence-corrected chi connectivity index (χ1v) is 7.83. The summed E-state index contributed by atoms with van der Waals surface area (Å²) in [6.07, 6.45) is 0.823. The van der Waals surface area contributed by atoms with Crippen molar-refractivity contribution in [3.05, 3.63) is 56.0 Å². The number of hydrogen-bond donors (Lipinski definition) is 1. The quantitative estimate of drug-likeness (QED) is 0.740. The van der Waals surface area contributed by atoms with Gasteiger partial charge in [-0.15, -0.1) is 11.3 Å². The molecule has 0 aliphatic carbocycles. The third-order valence-electron chi connectivity index (χ3n) is 3.16. The van der Waals surface area contributed by atoms with Gasteiger partial charge in [-0.1, -0.05) is 24.6 Å². The largest absolute Gasteiger partial charge is 0.305 e. The summed E-state index contributed by atoms with van der Waals surface area (Å²) in [6.45, 7) is 4.42. The molecule has 0 bridgehead atoms. The van der Waals surface area contributed by atoms with Gasteiger partial charge in [-0.2, -0.15) is 0 Å². The van der Waals surface area contributed by atoms with Crippen LogP contribution in [-0.2, 0) is 0 Å². The van der Waals surface area contributed by atoms with E-state index in [2.05, 4.69) is 5.32 Å². The summed E-state index contributed by atoms with van der Waals surface area (Å²) in [5.41, 5.74) is 0.939. The van der Waals surface area contributed by atoms with Gasteiger partial charge >= 0.3 is 0 Å². The highest BCUT2D eigenvalue weighted by Gasteiger charge is 2.25. The second kappa shape index (κ2) is 6.81. The predicted octanol–water partition coefficient (Wildman–Crippen LogP) is 5.22.